The first-order valence-corrected chi connectivity index (χ1v) is 14.5. The summed E-state index contributed by atoms with van der Waals surface area (Å²) in [6.45, 7) is 5.73. The lowest BCUT2D eigenvalue weighted by Crippen LogP contribution is -2.40. The fourth-order valence-electron chi connectivity index (χ4n) is 5.05. The average Bonchev–Trinajstić information content (AvgIpc) is 3.15. The largest absolute Gasteiger partial charge is 0.389 e. The molecule has 4 aromatic carbocycles. The van der Waals surface area contributed by atoms with Gasteiger partial charge in [0.05, 0.1) is 29.8 Å². The summed E-state index contributed by atoms with van der Waals surface area (Å²) in [5, 5.41) is 14.5. The first kappa shape index (κ1) is 26.6. The fraction of sp³-hybridized carbons (Fsp3) is 0.200. The van der Waals surface area contributed by atoms with E-state index in [0.29, 0.717) is 15.7 Å². The van der Waals surface area contributed by atoms with Gasteiger partial charge in [-0.05, 0) is 80.4 Å². The number of anilines is 1. The van der Waals surface area contributed by atoms with Crippen molar-refractivity contribution in [1.82, 2.24) is 4.57 Å². The molecule has 5 nitrogen and oxygen atoms in total. The molecule has 1 atom stereocenters. The van der Waals surface area contributed by atoms with Crippen LogP contribution in [0.15, 0.2) is 83.8 Å². The summed E-state index contributed by atoms with van der Waals surface area (Å²) < 4.78 is 31.3. The Morgan fingerprint density at radius 2 is 1.34 bits per heavy atom. The second-order valence-corrected chi connectivity index (χ2v) is 12.4. The number of para-hydroxylation sites is 1. The maximum atomic E-state index is 14.0. The Bertz CT molecular complexity index is 1680. The second-order valence-electron chi connectivity index (χ2n) is 9.68. The van der Waals surface area contributed by atoms with Gasteiger partial charge in [-0.1, -0.05) is 59.1 Å². The van der Waals surface area contributed by atoms with E-state index in [1.165, 1.54) is 4.31 Å². The number of aliphatic hydroxyl groups excluding tert-OH is 1. The van der Waals surface area contributed by atoms with Crippen molar-refractivity contribution >= 4 is 60.7 Å². The fourth-order valence-corrected chi connectivity index (χ4v) is 7.03. The lowest BCUT2D eigenvalue weighted by atomic mass is 10.1. The predicted octanol–water partition coefficient (Wildman–Crippen LogP) is 7.28. The summed E-state index contributed by atoms with van der Waals surface area (Å²) >= 11 is 12.6. The standard InChI is InChI=1S/C30H28Cl2N2O3S/c1-19-7-11-25(12-8-19)38(36,37)34(30-20(2)5-4-6-21(30)3)18-24(35)17-33-28-13-9-22(31)15-26(28)27-16-23(32)10-14-29(27)33/h4-16,24,35H,17-18H2,1-3H3/t24-/m1/s1. The molecule has 1 heterocycles. The smallest absolute Gasteiger partial charge is 0.264 e. The minimum Gasteiger partial charge on any atom is -0.389 e. The Kier molecular flexibility index (Phi) is 7.18. The lowest BCUT2D eigenvalue weighted by Gasteiger charge is -2.30. The van der Waals surface area contributed by atoms with Crippen LogP contribution in [0.2, 0.25) is 10.0 Å². The highest BCUT2D eigenvalue weighted by atomic mass is 35.5. The molecular weight excluding hydrogens is 539 g/mol. The van der Waals surface area contributed by atoms with E-state index in [-0.39, 0.29) is 18.0 Å². The Hall–Kier alpha value is -3.03. The number of rotatable bonds is 7. The summed E-state index contributed by atoms with van der Waals surface area (Å²) in [5.41, 5.74) is 4.93. The number of hydrogen-bond acceptors (Lipinski definition) is 3. The van der Waals surface area contributed by atoms with Crippen LogP contribution in [0.5, 0.6) is 0 Å². The van der Waals surface area contributed by atoms with Crippen LogP contribution in [0.1, 0.15) is 16.7 Å². The molecule has 196 valence electrons. The molecule has 0 fully saturated rings. The Morgan fingerprint density at radius 1 is 0.816 bits per heavy atom. The topological polar surface area (TPSA) is 62.5 Å². The molecule has 0 saturated heterocycles. The van der Waals surface area contributed by atoms with Crippen molar-refractivity contribution in [1.29, 1.82) is 0 Å². The summed E-state index contributed by atoms with van der Waals surface area (Å²) in [6, 6.07) is 23.6. The van der Waals surface area contributed by atoms with E-state index in [4.69, 9.17) is 23.2 Å². The number of benzene rings is 4. The second kappa shape index (κ2) is 10.3. The maximum Gasteiger partial charge on any atom is 0.264 e. The van der Waals surface area contributed by atoms with Crippen LogP contribution < -0.4 is 4.31 Å². The zero-order chi connectivity index (χ0) is 27.2. The maximum absolute atomic E-state index is 14.0. The highest BCUT2D eigenvalue weighted by molar-refractivity contribution is 7.92. The molecule has 0 amide bonds. The van der Waals surface area contributed by atoms with Gasteiger partial charge in [0.25, 0.3) is 10.0 Å². The first-order valence-electron chi connectivity index (χ1n) is 12.3. The van der Waals surface area contributed by atoms with E-state index in [1.807, 2.05) is 67.8 Å². The van der Waals surface area contributed by atoms with Crippen molar-refractivity contribution in [2.75, 3.05) is 10.8 Å². The van der Waals surface area contributed by atoms with Crippen molar-refractivity contribution in [2.45, 2.75) is 38.3 Å². The normalized spacial score (nSPS) is 12.8. The van der Waals surface area contributed by atoms with Crippen LogP contribution in [-0.2, 0) is 16.6 Å². The molecule has 0 aliphatic rings. The molecular formula is C30H28Cl2N2O3S. The molecule has 0 bridgehead atoms. The van der Waals surface area contributed by atoms with Gasteiger partial charge in [0.15, 0.2) is 0 Å². The van der Waals surface area contributed by atoms with Gasteiger partial charge in [0.1, 0.15) is 0 Å². The Labute approximate surface area is 232 Å². The highest BCUT2D eigenvalue weighted by Crippen LogP contribution is 2.34. The summed E-state index contributed by atoms with van der Waals surface area (Å²) in [5.74, 6) is 0. The Morgan fingerprint density at radius 3 is 1.87 bits per heavy atom. The predicted molar refractivity (Wildman–Crippen MR) is 157 cm³/mol. The lowest BCUT2D eigenvalue weighted by molar-refractivity contribution is 0.166. The minimum atomic E-state index is -3.96. The van der Waals surface area contributed by atoms with Crippen LogP contribution >= 0.6 is 23.2 Å². The summed E-state index contributed by atoms with van der Waals surface area (Å²) in [4.78, 5) is 0.180. The highest BCUT2D eigenvalue weighted by Gasteiger charge is 2.30. The zero-order valence-corrected chi connectivity index (χ0v) is 23.6. The number of halogens is 2. The summed E-state index contributed by atoms with van der Waals surface area (Å²) in [7, 11) is -3.96. The molecule has 0 unspecified atom stereocenters. The van der Waals surface area contributed by atoms with Gasteiger partial charge < -0.3 is 9.67 Å². The number of hydrogen-bond donors (Lipinski definition) is 1. The van der Waals surface area contributed by atoms with Gasteiger partial charge in [0, 0.05) is 31.9 Å². The number of nitrogens with zero attached hydrogens (tertiary/aromatic N) is 2. The van der Waals surface area contributed by atoms with Crippen molar-refractivity contribution < 1.29 is 13.5 Å². The van der Waals surface area contributed by atoms with Crippen LogP contribution in [-0.4, -0.2) is 30.7 Å². The van der Waals surface area contributed by atoms with Crippen LogP contribution in [0.3, 0.4) is 0 Å². The summed E-state index contributed by atoms with van der Waals surface area (Å²) in [6.07, 6.45) is -1.01. The monoisotopic (exact) mass is 566 g/mol. The first-order chi connectivity index (χ1) is 18.1. The van der Waals surface area contributed by atoms with E-state index in [2.05, 4.69) is 0 Å². The number of fused-ring (bicyclic) bond motifs is 3. The Balaban J connectivity index is 1.58. The number of aromatic nitrogens is 1. The third-order valence-corrected chi connectivity index (χ3v) is 9.11. The van der Waals surface area contributed by atoms with Gasteiger partial charge in [-0.15, -0.1) is 0 Å². The number of sulfonamides is 1. The van der Waals surface area contributed by atoms with Gasteiger partial charge >= 0.3 is 0 Å². The van der Waals surface area contributed by atoms with Gasteiger partial charge in [-0.3, -0.25) is 4.31 Å². The molecule has 5 aromatic rings. The minimum absolute atomic E-state index is 0.121. The third kappa shape index (κ3) is 4.90. The van der Waals surface area contributed by atoms with E-state index in [1.54, 1.807) is 36.4 Å². The molecule has 5 rings (SSSR count). The molecule has 8 heteroatoms. The molecule has 0 spiro atoms. The molecule has 0 saturated carbocycles. The zero-order valence-electron chi connectivity index (χ0n) is 21.3. The van der Waals surface area contributed by atoms with Crippen LogP contribution in [0.25, 0.3) is 21.8 Å². The van der Waals surface area contributed by atoms with E-state index in [0.717, 1.165) is 38.5 Å². The van der Waals surface area contributed by atoms with Crippen molar-refractivity contribution in [3.05, 3.63) is 106 Å². The van der Waals surface area contributed by atoms with Gasteiger partial charge in [-0.25, -0.2) is 8.42 Å². The van der Waals surface area contributed by atoms with Crippen molar-refractivity contribution in [2.24, 2.45) is 0 Å². The number of aryl methyl sites for hydroxylation is 3. The molecule has 1 aromatic heterocycles. The molecule has 38 heavy (non-hydrogen) atoms. The van der Waals surface area contributed by atoms with E-state index in [9.17, 15) is 13.5 Å². The molecule has 1 N–H and O–H groups in total. The molecule has 0 aliphatic carbocycles. The van der Waals surface area contributed by atoms with E-state index >= 15 is 0 Å². The quantitative estimate of drug-likeness (QED) is 0.225. The third-order valence-electron chi connectivity index (χ3n) is 6.86. The number of aliphatic hydroxyl groups is 1. The van der Waals surface area contributed by atoms with Gasteiger partial charge in [0.2, 0.25) is 0 Å². The average molecular weight is 568 g/mol. The SMILES string of the molecule is Cc1ccc(S(=O)(=O)N(C[C@H](O)Cn2c3ccc(Cl)cc3c3cc(Cl)ccc32)c2c(C)cccc2C)cc1. The van der Waals surface area contributed by atoms with Crippen LogP contribution in [0, 0.1) is 20.8 Å². The van der Waals surface area contributed by atoms with Gasteiger partial charge in [-0.2, -0.15) is 0 Å². The van der Waals surface area contributed by atoms with Crippen molar-refractivity contribution in [3.63, 3.8) is 0 Å². The molecule has 0 aliphatic heterocycles. The van der Waals surface area contributed by atoms with Crippen LogP contribution in [0.4, 0.5) is 5.69 Å². The molecule has 0 radical (unpaired) electrons. The van der Waals surface area contributed by atoms with E-state index < -0.39 is 16.1 Å². The van der Waals surface area contributed by atoms with Crippen molar-refractivity contribution in [3.8, 4) is 0 Å².